The molecular formula is C23H28N2O. The summed E-state index contributed by atoms with van der Waals surface area (Å²) in [4.78, 5) is 17.4. The molecule has 1 fully saturated rings. The van der Waals surface area contributed by atoms with Crippen LogP contribution in [0, 0.1) is 0 Å². The van der Waals surface area contributed by atoms with Gasteiger partial charge in [-0.15, -0.1) is 0 Å². The van der Waals surface area contributed by atoms with Crippen LogP contribution in [-0.4, -0.2) is 37.0 Å². The SMILES string of the molecule is CN1CCCCC1CCc1ccc2c(c1)N(C(=O)c1ccccc1)CC2. The summed E-state index contributed by atoms with van der Waals surface area (Å²) in [5.41, 5.74) is 4.55. The van der Waals surface area contributed by atoms with Crippen molar-refractivity contribution in [2.45, 2.75) is 44.6 Å². The molecule has 2 aliphatic heterocycles. The van der Waals surface area contributed by atoms with Crippen LogP contribution in [0.15, 0.2) is 48.5 Å². The number of piperidine rings is 1. The molecule has 2 aromatic rings. The van der Waals surface area contributed by atoms with Crippen molar-refractivity contribution >= 4 is 11.6 Å². The van der Waals surface area contributed by atoms with Crippen LogP contribution in [0.3, 0.4) is 0 Å². The Balaban J connectivity index is 1.48. The zero-order chi connectivity index (χ0) is 17.9. The minimum atomic E-state index is 0.119. The summed E-state index contributed by atoms with van der Waals surface area (Å²) >= 11 is 0. The topological polar surface area (TPSA) is 23.6 Å². The molecule has 2 aliphatic rings. The second kappa shape index (κ2) is 7.63. The Hall–Kier alpha value is -2.13. The third-order valence-corrected chi connectivity index (χ3v) is 6.00. The number of nitrogens with zero attached hydrogens (tertiary/aromatic N) is 2. The summed E-state index contributed by atoms with van der Waals surface area (Å²) in [7, 11) is 2.26. The van der Waals surface area contributed by atoms with E-state index in [0.717, 1.165) is 30.6 Å². The maximum atomic E-state index is 12.9. The van der Waals surface area contributed by atoms with Crippen molar-refractivity contribution in [3.8, 4) is 0 Å². The van der Waals surface area contributed by atoms with Crippen molar-refractivity contribution in [3.05, 3.63) is 65.2 Å². The number of aryl methyl sites for hydroxylation is 1. The first-order valence-electron chi connectivity index (χ1n) is 9.91. The summed E-state index contributed by atoms with van der Waals surface area (Å²) in [5, 5.41) is 0. The molecule has 1 unspecified atom stereocenters. The highest BCUT2D eigenvalue weighted by Gasteiger charge is 2.26. The van der Waals surface area contributed by atoms with Crippen molar-refractivity contribution in [1.29, 1.82) is 0 Å². The highest BCUT2D eigenvalue weighted by Crippen LogP contribution is 2.31. The summed E-state index contributed by atoms with van der Waals surface area (Å²) in [6.07, 6.45) is 7.28. The molecule has 0 N–H and O–H groups in total. The maximum Gasteiger partial charge on any atom is 0.258 e. The predicted molar refractivity (Wildman–Crippen MR) is 107 cm³/mol. The molecule has 136 valence electrons. The van der Waals surface area contributed by atoms with Crippen LogP contribution < -0.4 is 4.90 Å². The van der Waals surface area contributed by atoms with E-state index >= 15 is 0 Å². The fourth-order valence-electron chi connectivity index (χ4n) is 4.37. The first-order valence-corrected chi connectivity index (χ1v) is 9.91. The third kappa shape index (κ3) is 3.54. The number of benzene rings is 2. The van der Waals surface area contributed by atoms with Gasteiger partial charge in [0.15, 0.2) is 0 Å². The molecule has 2 heterocycles. The number of amides is 1. The number of likely N-dealkylation sites (tertiary alicyclic amines) is 1. The molecule has 26 heavy (non-hydrogen) atoms. The molecule has 4 rings (SSSR count). The van der Waals surface area contributed by atoms with Gasteiger partial charge in [-0.25, -0.2) is 0 Å². The van der Waals surface area contributed by atoms with Crippen molar-refractivity contribution in [2.24, 2.45) is 0 Å². The lowest BCUT2D eigenvalue weighted by Gasteiger charge is -2.32. The number of hydrogen-bond donors (Lipinski definition) is 0. The van der Waals surface area contributed by atoms with Crippen molar-refractivity contribution < 1.29 is 4.79 Å². The molecule has 0 bridgehead atoms. The molecule has 0 saturated carbocycles. The molecular weight excluding hydrogens is 320 g/mol. The van der Waals surface area contributed by atoms with Crippen LogP contribution >= 0.6 is 0 Å². The lowest BCUT2D eigenvalue weighted by Crippen LogP contribution is -2.36. The van der Waals surface area contributed by atoms with E-state index in [1.54, 1.807) is 0 Å². The molecule has 3 nitrogen and oxygen atoms in total. The molecule has 2 aromatic carbocycles. The standard InChI is InChI=1S/C23H28N2O/c1-24-15-6-5-9-21(24)13-11-18-10-12-19-14-16-25(22(19)17-18)23(26)20-7-3-2-4-8-20/h2-4,7-8,10,12,17,21H,5-6,9,11,13-16H2,1H3. The fraction of sp³-hybridized carbons (Fsp3) is 0.435. The van der Waals surface area contributed by atoms with Crippen molar-refractivity contribution in [2.75, 3.05) is 25.0 Å². The molecule has 0 radical (unpaired) electrons. The van der Waals surface area contributed by atoms with E-state index < -0.39 is 0 Å². The Morgan fingerprint density at radius 1 is 1.08 bits per heavy atom. The van der Waals surface area contributed by atoms with E-state index in [1.807, 2.05) is 35.2 Å². The Kier molecular flexibility index (Phi) is 5.07. The van der Waals surface area contributed by atoms with Crippen molar-refractivity contribution in [1.82, 2.24) is 4.90 Å². The highest BCUT2D eigenvalue weighted by atomic mass is 16.2. The van der Waals surface area contributed by atoms with E-state index in [2.05, 4.69) is 30.1 Å². The summed E-state index contributed by atoms with van der Waals surface area (Å²) in [6, 6.07) is 17.1. The van der Waals surface area contributed by atoms with Gasteiger partial charge in [0.25, 0.3) is 5.91 Å². The zero-order valence-electron chi connectivity index (χ0n) is 15.7. The normalized spacial score (nSPS) is 20.2. The molecule has 0 aliphatic carbocycles. The largest absolute Gasteiger partial charge is 0.308 e. The number of carbonyl (C=O) groups excluding carboxylic acids is 1. The van der Waals surface area contributed by atoms with Gasteiger partial charge < -0.3 is 9.80 Å². The van der Waals surface area contributed by atoms with Gasteiger partial charge in [-0.2, -0.15) is 0 Å². The number of fused-ring (bicyclic) bond motifs is 1. The Labute approximate surface area is 156 Å². The van der Waals surface area contributed by atoms with E-state index in [-0.39, 0.29) is 5.91 Å². The quantitative estimate of drug-likeness (QED) is 0.822. The van der Waals surface area contributed by atoms with Gasteiger partial charge in [0.2, 0.25) is 0 Å². The van der Waals surface area contributed by atoms with Gasteiger partial charge in [0.1, 0.15) is 0 Å². The second-order valence-electron chi connectivity index (χ2n) is 7.70. The van der Waals surface area contributed by atoms with Crippen LogP contribution in [-0.2, 0) is 12.8 Å². The van der Waals surface area contributed by atoms with Gasteiger partial charge in [-0.1, -0.05) is 36.8 Å². The smallest absolute Gasteiger partial charge is 0.258 e. The lowest BCUT2D eigenvalue weighted by molar-refractivity contribution is 0.0989. The van der Waals surface area contributed by atoms with Crippen LogP contribution in [0.4, 0.5) is 5.69 Å². The Bertz CT molecular complexity index is 771. The maximum absolute atomic E-state index is 12.9. The summed E-state index contributed by atoms with van der Waals surface area (Å²) in [5.74, 6) is 0.119. The van der Waals surface area contributed by atoms with Gasteiger partial charge in [-0.05, 0) is 75.0 Å². The van der Waals surface area contributed by atoms with Gasteiger partial charge in [0, 0.05) is 23.8 Å². The second-order valence-corrected chi connectivity index (χ2v) is 7.70. The van der Waals surface area contributed by atoms with E-state index in [4.69, 9.17) is 0 Å². The van der Waals surface area contributed by atoms with Crippen LogP contribution in [0.5, 0.6) is 0 Å². The minimum Gasteiger partial charge on any atom is -0.308 e. The average molecular weight is 348 g/mol. The molecule has 1 amide bonds. The molecule has 0 spiro atoms. The van der Waals surface area contributed by atoms with Gasteiger partial charge in [0.05, 0.1) is 0 Å². The van der Waals surface area contributed by atoms with Crippen LogP contribution in [0.1, 0.15) is 47.2 Å². The number of carbonyl (C=O) groups is 1. The third-order valence-electron chi connectivity index (χ3n) is 6.00. The Morgan fingerprint density at radius 3 is 2.73 bits per heavy atom. The van der Waals surface area contributed by atoms with E-state index in [9.17, 15) is 4.79 Å². The van der Waals surface area contributed by atoms with Gasteiger partial charge >= 0.3 is 0 Å². The predicted octanol–water partition coefficient (Wildman–Crippen LogP) is 4.31. The molecule has 0 aromatic heterocycles. The first-order chi connectivity index (χ1) is 12.7. The minimum absolute atomic E-state index is 0.119. The lowest BCUT2D eigenvalue weighted by atomic mass is 9.96. The fourth-order valence-corrected chi connectivity index (χ4v) is 4.37. The average Bonchev–Trinajstić information content (AvgIpc) is 3.11. The van der Waals surface area contributed by atoms with Crippen LogP contribution in [0.2, 0.25) is 0 Å². The summed E-state index contributed by atoms with van der Waals surface area (Å²) < 4.78 is 0. The van der Waals surface area contributed by atoms with Crippen molar-refractivity contribution in [3.63, 3.8) is 0 Å². The molecule has 3 heteroatoms. The summed E-state index contributed by atoms with van der Waals surface area (Å²) in [6.45, 7) is 2.02. The monoisotopic (exact) mass is 348 g/mol. The molecule has 1 saturated heterocycles. The van der Waals surface area contributed by atoms with E-state index in [0.29, 0.717) is 6.04 Å². The highest BCUT2D eigenvalue weighted by molar-refractivity contribution is 6.07. The first kappa shape index (κ1) is 17.3. The number of anilines is 1. The van der Waals surface area contributed by atoms with Crippen LogP contribution in [0.25, 0.3) is 0 Å². The van der Waals surface area contributed by atoms with E-state index in [1.165, 1.54) is 43.4 Å². The Morgan fingerprint density at radius 2 is 1.92 bits per heavy atom. The molecule has 1 atom stereocenters. The number of hydrogen-bond acceptors (Lipinski definition) is 2. The number of rotatable bonds is 4. The van der Waals surface area contributed by atoms with Gasteiger partial charge in [-0.3, -0.25) is 4.79 Å². The zero-order valence-corrected chi connectivity index (χ0v) is 15.7.